The summed E-state index contributed by atoms with van der Waals surface area (Å²) >= 11 is 5.50. The summed E-state index contributed by atoms with van der Waals surface area (Å²) in [4.78, 5) is 4.75. The second-order valence-corrected chi connectivity index (χ2v) is 20.5. The Balaban J connectivity index is 0.870. The normalized spacial score (nSPS) is 11.8. The highest BCUT2D eigenvalue weighted by atomic mass is 32.1. The quantitative estimate of drug-likeness (QED) is 0.151. The van der Waals surface area contributed by atoms with Crippen molar-refractivity contribution in [2.45, 2.75) is 0 Å². The molecule has 14 rings (SSSR count). The highest BCUT2D eigenvalue weighted by Crippen LogP contribution is 2.48. The van der Waals surface area contributed by atoms with Gasteiger partial charge in [-0.25, -0.2) is 0 Å². The first-order valence-corrected chi connectivity index (χ1v) is 25.2. The summed E-state index contributed by atoms with van der Waals surface area (Å²) < 4.78 is 14.4. The van der Waals surface area contributed by atoms with Crippen molar-refractivity contribution in [2.75, 3.05) is 9.80 Å². The van der Waals surface area contributed by atoms with Crippen molar-refractivity contribution in [1.29, 1.82) is 0 Å². The van der Waals surface area contributed by atoms with Crippen LogP contribution in [-0.2, 0) is 0 Å². The molecular formula is C62H38N2OS3. The zero-order valence-corrected chi connectivity index (χ0v) is 38.9. The molecule has 3 nitrogen and oxygen atoms in total. The van der Waals surface area contributed by atoms with Gasteiger partial charge in [0.2, 0.25) is 0 Å². The molecule has 0 spiro atoms. The minimum Gasteiger partial charge on any atom is -0.454 e. The van der Waals surface area contributed by atoms with Gasteiger partial charge in [0, 0.05) is 96.0 Å². The van der Waals surface area contributed by atoms with Gasteiger partial charge in [-0.3, -0.25) is 0 Å². The Morgan fingerprint density at radius 3 is 1.13 bits per heavy atom. The lowest BCUT2D eigenvalue weighted by atomic mass is 10.0. The zero-order valence-electron chi connectivity index (χ0n) is 36.5. The fourth-order valence-electron chi connectivity index (χ4n) is 9.98. The maximum Gasteiger partial charge on any atom is 0.154 e. The lowest BCUT2D eigenvalue weighted by molar-refractivity contribution is 0.673. The number of hydrogen-bond donors (Lipinski definition) is 0. The third kappa shape index (κ3) is 6.52. The number of hydrogen-bond acceptors (Lipinski definition) is 6. The van der Waals surface area contributed by atoms with Gasteiger partial charge in [0.05, 0.1) is 4.70 Å². The molecular weight excluding hydrogens is 885 g/mol. The van der Waals surface area contributed by atoms with Crippen LogP contribution in [0.3, 0.4) is 0 Å². The predicted octanol–water partition coefficient (Wildman–Crippen LogP) is 19.8. The molecule has 0 atom stereocenters. The third-order valence-corrected chi connectivity index (χ3v) is 16.7. The van der Waals surface area contributed by atoms with Gasteiger partial charge in [-0.05, 0) is 113 Å². The second-order valence-electron chi connectivity index (χ2n) is 17.3. The number of benzene rings is 10. The van der Waals surface area contributed by atoms with E-state index in [4.69, 9.17) is 4.42 Å². The molecule has 0 bridgehead atoms. The Labute approximate surface area is 404 Å². The summed E-state index contributed by atoms with van der Waals surface area (Å²) in [6.07, 6.45) is 0. The molecule has 0 N–H and O–H groups in total. The Morgan fingerprint density at radius 1 is 0.265 bits per heavy atom. The molecule has 10 aromatic carbocycles. The van der Waals surface area contributed by atoms with E-state index in [9.17, 15) is 0 Å². The number of anilines is 6. The van der Waals surface area contributed by atoms with Gasteiger partial charge in [-0.2, -0.15) is 0 Å². The molecule has 6 heteroatoms. The third-order valence-electron chi connectivity index (χ3n) is 13.3. The van der Waals surface area contributed by atoms with Crippen molar-refractivity contribution in [2.24, 2.45) is 0 Å². The van der Waals surface area contributed by atoms with Gasteiger partial charge in [-0.1, -0.05) is 133 Å². The van der Waals surface area contributed by atoms with E-state index in [1.54, 1.807) is 11.3 Å². The van der Waals surface area contributed by atoms with Gasteiger partial charge >= 0.3 is 0 Å². The first kappa shape index (κ1) is 39.2. The van der Waals surface area contributed by atoms with Gasteiger partial charge in [0.1, 0.15) is 5.58 Å². The highest BCUT2D eigenvalue weighted by molar-refractivity contribution is 7.27. The predicted molar refractivity (Wildman–Crippen MR) is 295 cm³/mol. The van der Waals surface area contributed by atoms with E-state index in [1.165, 1.54) is 67.3 Å². The van der Waals surface area contributed by atoms with Crippen molar-refractivity contribution in [3.05, 3.63) is 231 Å². The van der Waals surface area contributed by atoms with E-state index in [0.717, 1.165) is 60.8 Å². The van der Waals surface area contributed by atoms with E-state index in [0.29, 0.717) is 0 Å². The van der Waals surface area contributed by atoms with Crippen molar-refractivity contribution in [3.8, 4) is 22.3 Å². The lowest BCUT2D eigenvalue weighted by Gasteiger charge is -2.26. The maximum absolute atomic E-state index is 6.93. The minimum atomic E-state index is 0.875. The first-order chi connectivity index (χ1) is 33.7. The standard InChI is InChI=1S/C62H38N2OS3/c1-3-11-39(12-4-1)41-19-23-43(24-20-41)63(46-27-31-51-49-15-7-9-17-56(49)66-58(51)36-46)45-29-33-53-55(35-45)65-61-54-34-30-48(38-60(54)68-62(53)61)64(44-25-21-42(22-26-44)40-13-5-2-6-14-40)47-28-32-52-50-16-8-10-18-57(50)67-59(52)37-47/h1-38H. The molecule has 0 saturated carbocycles. The van der Waals surface area contributed by atoms with Crippen LogP contribution in [0, 0.1) is 0 Å². The van der Waals surface area contributed by atoms with Crippen LogP contribution in [0.15, 0.2) is 235 Å². The SMILES string of the molecule is c1ccc(-c2ccc(N(c3ccc4c(c3)oc3c5ccc(N(c6ccc(-c7ccccc7)cc6)c6ccc7c(c6)sc6ccccc67)cc5sc43)c3ccc4c(c3)sc3ccccc34)cc2)cc1. The summed E-state index contributed by atoms with van der Waals surface area (Å²) in [5.74, 6) is 0. The summed E-state index contributed by atoms with van der Waals surface area (Å²) in [6.45, 7) is 0. The molecule has 0 saturated heterocycles. The van der Waals surface area contributed by atoms with E-state index in [1.807, 2.05) is 22.7 Å². The minimum absolute atomic E-state index is 0.875. The average Bonchev–Trinajstić information content (AvgIpc) is 4.16. The molecule has 0 amide bonds. The van der Waals surface area contributed by atoms with Crippen LogP contribution < -0.4 is 9.80 Å². The van der Waals surface area contributed by atoms with Gasteiger partial charge in [0.25, 0.3) is 0 Å². The lowest BCUT2D eigenvalue weighted by Crippen LogP contribution is -2.09. The zero-order chi connectivity index (χ0) is 44.7. The summed E-state index contributed by atoms with van der Waals surface area (Å²) in [5.41, 5.74) is 13.2. The molecule has 14 aromatic rings. The van der Waals surface area contributed by atoms with Crippen LogP contribution in [0.25, 0.3) is 93.9 Å². The molecule has 4 heterocycles. The van der Waals surface area contributed by atoms with E-state index >= 15 is 0 Å². The van der Waals surface area contributed by atoms with Crippen LogP contribution >= 0.6 is 34.0 Å². The van der Waals surface area contributed by atoms with Crippen LogP contribution in [0.1, 0.15) is 0 Å². The smallest absolute Gasteiger partial charge is 0.154 e. The Morgan fingerprint density at radius 2 is 0.632 bits per heavy atom. The van der Waals surface area contributed by atoms with E-state index in [-0.39, 0.29) is 0 Å². The Hall–Kier alpha value is -8.00. The summed E-state index contributed by atoms with van der Waals surface area (Å²) in [7, 11) is 0. The Bertz CT molecular complexity index is 3930. The maximum atomic E-state index is 6.93. The number of fused-ring (bicyclic) bond motifs is 11. The average molecular weight is 923 g/mol. The second kappa shape index (κ2) is 15.8. The summed E-state index contributed by atoms with van der Waals surface area (Å²) in [5, 5.41) is 7.42. The monoisotopic (exact) mass is 922 g/mol. The van der Waals surface area contributed by atoms with Crippen LogP contribution in [0.5, 0.6) is 0 Å². The molecule has 0 aliphatic rings. The Kier molecular flexibility index (Phi) is 9.12. The number of nitrogens with zero attached hydrogens (tertiary/aromatic N) is 2. The van der Waals surface area contributed by atoms with Crippen LogP contribution in [0.2, 0.25) is 0 Å². The van der Waals surface area contributed by atoms with Crippen LogP contribution in [0.4, 0.5) is 34.1 Å². The topological polar surface area (TPSA) is 19.6 Å². The molecule has 0 fully saturated rings. The van der Waals surface area contributed by atoms with Gasteiger partial charge < -0.3 is 14.2 Å². The van der Waals surface area contributed by atoms with Crippen molar-refractivity contribution in [1.82, 2.24) is 0 Å². The molecule has 0 unspecified atom stereocenters. The first-order valence-electron chi connectivity index (χ1n) is 22.8. The van der Waals surface area contributed by atoms with E-state index in [2.05, 4.69) is 240 Å². The van der Waals surface area contributed by atoms with Gasteiger partial charge in [0.15, 0.2) is 5.58 Å². The molecule has 0 radical (unpaired) electrons. The molecule has 0 aliphatic heterocycles. The van der Waals surface area contributed by atoms with Crippen molar-refractivity contribution < 1.29 is 4.42 Å². The number of thiophene rings is 3. The molecule has 0 aliphatic carbocycles. The molecule has 68 heavy (non-hydrogen) atoms. The fourth-order valence-corrected chi connectivity index (χ4v) is 13.5. The molecule has 4 aromatic heterocycles. The largest absolute Gasteiger partial charge is 0.454 e. The highest BCUT2D eigenvalue weighted by Gasteiger charge is 2.22. The van der Waals surface area contributed by atoms with Crippen molar-refractivity contribution >= 4 is 140 Å². The van der Waals surface area contributed by atoms with E-state index < -0.39 is 0 Å². The summed E-state index contributed by atoms with van der Waals surface area (Å²) in [6, 6.07) is 83.7. The number of furan rings is 1. The fraction of sp³-hybridized carbons (Fsp3) is 0. The van der Waals surface area contributed by atoms with Crippen LogP contribution in [-0.4, -0.2) is 0 Å². The van der Waals surface area contributed by atoms with Gasteiger partial charge in [-0.15, -0.1) is 34.0 Å². The molecule has 320 valence electrons. The number of rotatable bonds is 8. The van der Waals surface area contributed by atoms with Crippen molar-refractivity contribution in [3.63, 3.8) is 0 Å².